The van der Waals surface area contributed by atoms with Gasteiger partial charge in [-0.1, -0.05) is 55.6 Å². The second kappa shape index (κ2) is 26.4. The molecule has 6 rings (SSSR count). The fourth-order valence-electron chi connectivity index (χ4n) is 7.05. The topological polar surface area (TPSA) is 116 Å². The first-order chi connectivity index (χ1) is 29.0. The van der Waals surface area contributed by atoms with E-state index < -0.39 is 0 Å². The molecule has 60 heavy (non-hydrogen) atoms. The average molecular weight is 875 g/mol. The van der Waals surface area contributed by atoms with Gasteiger partial charge in [0, 0.05) is 85.0 Å². The summed E-state index contributed by atoms with van der Waals surface area (Å²) in [5.74, 6) is 0. The molecule has 3 heterocycles. The first-order valence-corrected chi connectivity index (χ1v) is 22.7. The molecule has 0 radical (unpaired) electrons. The van der Waals surface area contributed by atoms with Crippen LogP contribution < -0.4 is 27.0 Å². The molecule has 9 nitrogen and oxygen atoms in total. The summed E-state index contributed by atoms with van der Waals surface area (Å²) >= 11 is 18.0. The van der Waals surface area contributed by atoms with Crippen molar-refractivity contribution in [3.05, 3.63) is 106 Å². The fraction of sp³-hybridized carbons (Fsp3) is 0.438. The van der Waals surface area contributed by atoms with E-state index in [1.165, 1.54) is 19.4 Å². The number of rotatable bonds is 20. The van der Waals surface area contributed by atoms with Crippen molar-refractivity contribution in [1.82, 2.24) is 25.2 Å². The molecule has 0 saturated heterocycles. The molecule has 6 aromatic rings. The third-order valence-corrected chi connectivity index (χ3v) is 11.1. The van der Waals surface area contributed by atoms with Gasteiger partial charge in [0.1, 0.15) is 0 Å². The molecule has 3 unspecified atom stereocenters. The minimum Gasteiger partial charge on any atom is -0.382 e. The minimum atomic E-state index is 0.398. The van der Waals surface area contributed by atoms with Crippen LogP contribution in [0.4, 0.5) is 17.1 Å². The third kappa shape index (κ3) is 16.1. The van der Waals surface area contributed by atoms with Gasteiger partial charge >= 0.3 is 0 Å². The zero-order chi connectivity index (χ0) is 43.3. The van der Waals surface area contributed by atoms with Crippen LogP contribution in [0.3, 0.4) is 0 Å². The quantitative estimate of drug-likeness (QED) is 0.0478. The van der Waals surface area contributed by atoms with E-state index in [1.807, 2.05) is 85.2 Å². The van der Waals surface area contributed by atoms with Gasteiger partial charge in [-0.05, 0) is 171 Å². The SMILES string of the molecule is CC(CCCN)Nc1ccnc2cc(Cl)ccc12.CCN(CC)CCCC(C)Nc1ccnc2cc(Cl)ccc12.CCNCCCC(C)Nc1ccnc2cc(Cl)ccc12. The van der Waals surface area contributed by atoms with Gasteiger partial charge in [0.2, 0.25) is 0 Å². The number of fused-ring (bicyclic) bond motifs is 3. The Morgan fingerprint density at radius 3 is 1.30 bits per heavy atom. The molecule has 3 atom stereocenters. The molecule has 0 fully saturated rings. The lowest BCUT2D eigenvalue weighted by molar-refractivity contribution is 0.295. The van der Waals surface area contributed by atoms with Crippen LogP contribution in [0.1, 0.15) is 80.1 Å². The Morgan fingerprint density at radius 2 is 0.933 bits per heavy atom. The van der Waals surface area contributed by atoms with Crippen LogP contribution in [0.15, 0.2) is 91.4 Å². The summed E-state index contributed by atoms with van der Waals surface area (Å²) in [5.41, 5.74) is 11.7. The number of pyridine rings is 3. The van der Waals surface area contributed by atoms with E-state index in [1.54, 1.807) is 6.20 Å². The number of nitrogens with two attached hydrogens (primary N) is 1. The van der Waals surface area contributed by atoms with Crippen molar-refractivity contribution in [2.24, 2.45) is 5.73 Å². The summed E-state index contributed by atoms with van der Waals surface area (Å²) in [6.45, 7) is 19.5. The molecule has 0 spiro atoms. The maximum Gasteiger partial charge on any atom is 0.0737 e. The number of nitrogens with zero attached hydrogens (tertiary/aromatic N) is 4. The normalized spacial score (nSPS) is 12.7. The lowest BCUT2D eigenvalue weighted by Crippen LogP contribution is -2.25. The van der Waals surface area contributed by atoms with E-state index in [-0.39, 0.29) is 0 Å². The van der Waals surface area contributed by atoms with Crippen LogP contribution in [0, 0.1) is 0 Å². The lowest BCUT2D eigenvalue weighted by Gasteiger charge is -2.20. The van der Waals surface area contributed by atoms with Gasteiger partial charge in [-0.25, -0.2) is 0 Å². The second-order valence-electron chi connectivity index (χ2n) is 15.3. The largest absolute Gasteiger partial charge is 0.382 e. The van der Waals surface area contributed by atoms with Gasteiger partial charge in [0.05, 0.1) is 16.6 Å². The van der Waals surface area contributed by atoms with E-state index in [2.05, 4.69) is 82.7 Å². The van der Waals surface area contributed by atoms with E-state index in [4.69, 9.17) is 40.5 Å². The van der Waals surface area contributed by atoms with E-state index in [0.717, 1.165) is 118 Å². The highest BCUT2D eigenvalue weighted by atomic mass is 35.5. The molecule has 3 aromatic heterocycles. The first kappa shape index (κ1) is 48.7. The van der Waals surface area contributed by atoms with Crippen LogP contribution in [-0.4, -0.2) is 77.2 Å². The lowest BCUT2D eigenvalue weighted by atomic mass is 10.1. The highest BCUT2D eigenvalue weighted by molar-refractivity contribution is 6.32. The van der Waals surface area contributed by atoms with Crippen molar-refractivity contribution in [1.29, 1.82) is 0 Å². The molecule has 0 aliphatic carbocycles. The number of nitrogens with one attached hydrogen (secondary N) is 4. The molecule has 0 saturated carbocycles. The number of hydrogen-bond acceptors (Lipinski definition) is 9. The van der Waals surface area contributed by atoms with E-state index in [0.29, 0.717) is 23.1 Å². The Hall–Kier alpha value is -3.96. The first-order valence-electron chi connectivity index (χ1n) is 21.6. The van der Waals surface area contributed by atoms with Crippen LogP contribution in [0.5, 0.6) is 0 Å². The Bertz CT molecular complexity index is 2160. The van der Waals surface area contributed by atoms with Gasteiger partial charge in [0.15, 0.2) is 0 Å². The zero-order valence-electron chi connectivity index (χ0n) is 36.4. The van der Waals surface area contributed by atoms with Crippen LogP contribution in [-0.2, 0) is 0 Å². The summed E-state index contributed by atoms with van der Waals surface area (Å²) in [7, 11) is 0. The van der Waals surface area contributed by atoms with Gasteiger partial charge in [-0.2, -0.15) is 0 Å². The van der Waals surface area contributed by atoms with Gasteiger partial charge < -0.3 is 31.9 Å². The van der Waals surface area contributed by atoms with Crippen LogP contribution >= 0.6 is 34.8 Å². The summed E-state index contributed by atoms with van der Waals surface area (Å²) in [5, 5.41) is 19.5. The Balaban J connectivity index is 0.000000199. The number of hydrogen-bond donors (Lipinski definition) is 5. The number of anilines is 3. The summed E-state index contributed by atoms with van der Waals surface area (Å²) in [6.07, 6.45) is 12.3. The smallest absolute Gasteiger partial charge is 0.0737 e. The number of benzene rings is 3. The summed E-state index contributed by atoms with van der Waals surface area (Å²) in [6, 6.07) is 24.8. The van der Waals surface area contributed by atoms with Crippen LogP contribution in [0.2, 0.25) is 15.1 Å². The molecule has 0 aliphatic heterocycles. The molecule has 6 N–H and O–H groups in total. The van der Waals surface area contributed by atoms with Crippen molar-refractivity contribution >= 4 is 84.6 Å². The van der Waals surface area contributed by atoms with Gasteiger partial charge in [-0.15, -0.1) is 0 Å². The molecule has 12 heteroatoms. The number of aromatic nitrogens is 3. The summed E-state index contributed by atoms with van der Waals surface area (Å²) in [4.78, 5) is 15.5. The fourth-order valence-corrected chi connectivity index (χ4v) is 7.55. The molecule has 324 valence electrons. The maximum absolute atomic E-state index is 6.04. The summed E-state index contributed by atoms with van der Waals surface area (Å²) < 4.78 is 0. The van der Waals surface area contributed by atoms with Crippen molar-refractivity contribution < 1.29 is 0 Å². The second-order valence-corrected chi connectivity index (χ2v) is 16.6. The van der Waals surface area contributed by atoms with E-state index >= 15 is 0 Å². The number of halogens is 3. The molecule has 3 aromatic carbocycles. The van der Waals surface area contributed by atoms with Crippen molar-refractivity contribution in [3.63, 3.8) is 0 Å². The molecule has 0 aliphatic rings. The molecular formula is C48H66Cl3N9. The standard InChI is InChI=1S/C18H26ClN3.C16H22ClN3.C14H18ClN3/c1-4-22(5-2)12-6-7-14(3)21-17-10-11-20-18-13-15(19)8-9-16(17)18;1-3-18-9-4-5-12(2)20-15-8-10-19-16-11-13(17)6-7-14(15)16;1-10(3-2-7-16)18-13-6-8-17-14-9-11(15)4-5-12(13)14/h8-11,13-14H,4-7,12H2,1-3H3,(H,20,21);6-8,10-12,18H,3-5,9H2,1-2H3,(H,19,20);4-6,8-10H,2-3,7,16H2,1H3,(H,17,18). The van der Waals surface area contributed by atoms with E-state index in [9.17, 15) is 0 Å². The highest BCUT2D eigenvalue weighted by Gasteiger charge is 2.10. The Morgan fingerprint density at radius 1 is 0.550 bits per heavy atom. The monoisotopic (exact) mass is 873 g/mol. The van der Waals surface area contributed by atoms with Crippen molar-refractivity contribution in [2.45, 2.75) is 98.2 Å². The predicted molar refractivity (Wildman–Crippen MR) is 263 cm³/mol. The predicted octanol–water partition coefficient (Wildman–Crippen LogP) is 12.3. The minimum absolute atomic E-state index is 0.398. The average Bonchev–Trinajstić information content (AvgIpc) is 3.23. The third-order valence-electron chi connectivity index (χ3n) is 10.4. The maximum atomic E-state index is 6.04. The molecule has 0 bridgehead atoms. The van der Waals surface area contributed by atoms with Crippen molar-refractivity contribution in [3.8, 4) is 0 Å². The molecule has 0 amide bonds. The highest BCUT2D eigenvalue weighted by Crippen LogP contribution is 2.28. The van der Waals surface area contributed by atoms with Crippen molar-refractivity contribution in [2.75, 3.05) is 55.2 Å². The van der Waals surface area contributed by atoms with Crippen LogP contribution in [0.25, 0.3) is 32.7 Å². The zero-order valence-corrected chi connectivity index (χ0v) is 38.6. The Labute approximate surface area is 373 Å². The Kier molecular flexibility index (Phi) is 21.4. The van der Waals surface area contributed by atoms with Gasteiger partial charge in [-0.3, -0.25) is 15.0 Å². The molecular weight excluding hydrogens is 809 g/mol. The van der Waals surface area contributed by atoms with Gasteiger partial charge in [0.25, 0.3) is 0 Å².